The highest BCUT2D eigenvalue weighted by molar-refractivity contribution is 7.89. The molecule has 0 radical (unpaired) electrons. The van der Waals surface area contributed by atoms with Gasteiger partial charge in [0.2, 0.25) is 15.9 Å². The second kappa shape index (κ2) is 13.3. The number of nitrogens with zero attached hydrogens (tertiary/aromatic N) is 3. The molecule has 1 heterocycles. The van der Waals surface area contributed by atoms with Gasteiger partial charge in [0.1, 0.15) is 11.5 Å². The molecule has 3 rings (SSSR count). The molecular formula is C29H41N3O5S. The van der Waals surface area contributed by atoms with Crippen molar-refractivity contribution in [1.29, 1.82) is 0 Å². The Balaban J connectivity index is 1.59. The van der Waals surface area contributed by atoms with Crippen molar-refractivity contribution in [3.05, 3.63) is 60.2 Å². The average Bonchev–Trinajstić information content (AvgIpc) is 2.90. The number of hydrogen-bond donors (Lipinski definition) is 0. The summed E-state index contributed by atoms with van der Waals surface area (Å²) in [5, 5.41) is 0. The van der Waals surface area contributed by atoms with Crippen LogP contribution in [0.3, 0.4) is 0 Å². The topological polar surface area (TPSA) is 79.4 Å². The van der Waals surface area contributed by atoms with Gasteiger partial charge in [-0.05, 0) is 35.7 Å². The Morgan fingerprint density at radius 2 is 1.63 bits per heavy atom. The van der Waals surface area contributed by atoms with Crippen molar-refractivity contribution in [2.24, 2.45) is 5.41 Å². The lowest BCUT2D eigenvalue weighted by molar-refractivity contribution is -0.132. The Labute approximate surface area is 227 Å². The van der Waals surface area contributed by atoms with Gasteiger partial charge in [-0.2, -0.15) is 4.31 Å². The van der Waals surface area contributed by atoms with Crippen molar-refractivity contribution in [3.8, 4) is 11.5 Å². The van der Waals surface area contributed by atoms with Crippen LogP contribution in [0, 0.1) is 5.41 Å². The predicted molar refractivity (Wildman–Crippen MR) is 151 cm³/mol. The molecule has 1 aliphatic rings. The Kier molecular flexibility index (Phi) is 10.4. The molecule has 0 bridgehead atoms. The summed E-state index contributed by atoms with van der Waals surface area (Å²) in [7, 11) is -0.353. The highest BCUT2D eigenvalue weighted by Crippen LogP contribution is 2.22. The Morgan fingerprint density at radius 3 is 2.24 bits per heavy atom. The minimum Gasteiger partial charge on any atom is -0.497 e. The Bertz CT molecular complexity index is 1180. The molecule has 1 amide bonds. The summed E-state index contributed by atoms with van der Waals surface area (Å²) in [5.41, 5.74) is 0.857. The molecule has 2 aromatic rings. The molecule has 2 aromatic carbocycles. The molecule has 0 aromatic heterocycles. The highest BCUT2D eigenvalue weighted by Gasteiger charge is 2.29. The van der Waals surface area contributed by atoms with Crippen LogP contribution in [0.5, 0.6) is 11.5 Å². The average molecular weight is 544 g/mol. The van der Waals surface area contributed by atoms with Gasteiger partial charge >= 0.3 is 0 Å². The lowest BCUT2D eigenvalue weighted by Gasteiger charge is -2.35. The van der Waals surface area contributed by atoms with E-state index in [1.165, 1.54) is 4.31 Å². The third kappa shape index (κ3) is 8.31. The number of carbonyl (C=O) groups is 1. The summed E-state index contributed by atoms with van der Waals surface area (Å²) in [6, 6.07) is 14.3. The van der Waals surface area contributed by atoms with E-state index < -0.39 is 10.0 Å². The lowest BCUT2D eigenvalue weighted by atomic mass is 9.91. The first kappa shape index (κ1) is 29.7. The number of piperazine rings is 1. The molecule has 1 aliphatic heterocycles. The maximum Gasteiger partial charge on any atom is 0.243 e. The van der Waals surface area contributed by atoms with Crippen molar-refractivity contribution in [2.75, 3.05) is 60.0 Å². The fourth-order valence-electron chi connectivity index (χ4n) is 4.35. The van der Waals surface area contributed by atoms with Gasteiger partial charge in [-0.15, -0.1) is 0 Å². The van der Waals surface area contributed by atoms with Crippen LogP contribution >= 0.6 is 0 Å². The maximum absolute atomic E-state index is 13.1. The van der Waals surface area contributed by atoms with Crippen molar-refractivity contribution in [3.63, 3.8) is 0 Å². The van der Waals surface area contributed by atoms with E-state index in [2.05, 4.69) is 25.7 Å². The number of benzene rings is 2. The molecule has 0 atom stereocenters. The van der Waals surface area contributed by atoms with Gasteiger partial charge in [0.05, 0.1) is 19.1 Å². The zero-order valence-electron chi connectivity index (χ0n) is 23.2. The van der Waals surface area contributed by atoms with Crippen LogP contribution in [0.25, 0.3) is 6.08 Å². The number of sulfonamides is 1. The van der Waals surface area contributed by atoms with Gasteiger partial charge in [-0.25, -0.2) is 8.42 Å². The van der Waals surface area contributed by atoms with E-state index >= 15 is 0 Å². The van der Waals surface area contributed by atoms with Gasteiger partial charge in [0.25, 0.3) is 0 Å². The smallest absolute Gasteiger partial charge is 0.243 e. The van der Waals surface area contributed by atoms with Crippen LogP contribution in [0.2, 0.25) is 0 Å². The summed E-state index contributed by atoms with van der Waals surface area (Å²) < 4.78 is 38.2. The van der Waals surface area contributed by atoms with E-state index in [-0.39, 0.29) is 16.2 Å². The normalized spacial score (nSPS) is 15.5. The molecule has 0 N–H and O–H groups in total. The minimum absolute atomic E-state index is 0.108. The highest BCUT2D eigenvalue weighted by atomic mass is 32.2. The van der Waals surface area contributed by atoms with Crippen LogP contribution in [0.15, 0.2) is 59.5 Å². The number of carbonyl (C=O) groups excluding carboxylic acids is 1. The van der Waals surface area contributed by atoms with Crippen LogP contribution < -0.4 is 9.47 Å². The molecule has 0 aliphatic carbocycles. The second-order valence-corrected chi connectivity index (χ2v) is 12.6. The van der Waals surface area contributed by atoms with Gasteiger partial charge in [0.15, 0.2) is 0 Å². The molecule has 1 saturated heterocycles. The SMILES string of the molecule is COc1ccc(S(=O)(=O)N2CCN(CCN(C/C=C/c3ccccc3OC)C(=O)CC(C)(C)C)CC2)cc1. The maximum atomic E-state index is 13.1. The quantitative estimate of drug-likeness (QED) is 0.427. The first-order valence-corrected chi connectivity index (χ1v) is 14.4. The van der Waals surface area contributed by atoms with E-state index in [4.69, 9.17) is 9.47 Å². The van der Waals surface area contributed by atoms with E-state index in [1.807, 2.05) is 41.3 Å². The second-order valence-electron chi connectivity index (χ2n) is 10.6. The Hall–Kier alpha value is -2.88. The van der Waals surface area contributed by atoms with Crippen LogP contribution in [-0.2, 0) is 14.8 Å². The fraction of sp³-hybridized carbons (Fsp3) is 0.483. The molecule has 8 nitrogen and oxygen atoms in total. The summed E-state index contributed by atoms with van der Waals surface area (Å²) in [5.74, 6) is 1.53. The summed E-state index contributed by atoms with van der Waals surface area (Å²) >= 11 is 0. The monoisotopic (exact) mass is 543 g/mol. The van der Waals surface area contributed by atoms with Gasteiger partial charge < -0.3 is 14.4 Å². The molecule has 9 heteroatoms. The molecule has 0 unspecified atom stereocenters. The molecule has 208 valence electrons. The minimum atomic E-state index is -3.55. The molecular weight excluding hydrogens is 502 g/mol. The zero-order valence-corrected chi connectivity index (χ0v) is 24.0. The van der Waals surface area contributed by atoms with Crippen molar-refractivity contribution in [1.82, 2.24) is 14.1 Å². The van der Waals surface area contributed by atoms with Gasteiger partial charge in [-0.1, -0.05) is 51.1 Å². The van der Waals surface area contributed by atoms with Crippen LogP contribution in [-0.4, -0.2) is 88.5 Å². The first-order chi connectivity index (χ1) is 18.0. The number of para-hydroxylation sites is 1. The van der Waals surface area contributed by atoms with E-state index in [9.17, 15) is 13.2 Å². The van der Waals surface area contributed by atoms with Crippen LogP contribution in [0.4, 0.5) is 0 Å². The van der Waals surface area contributed by atoms with Crippen molar-refractivity contribution >= 4 is 22.0 Å². The number of hydrogen-bond acceptors (Lipinski definition) is 6. The summed E-state index contributed by atoms with van der Waals surface area (Å²) in [6.45, 7) is 10.0. The summed E-state index contributed by atoms with van der Waals surface area (Å²) in [4.78, 5) is 17.5. The van der Waals surface area contributed by atoms with E-state index in [1.54, 1.807) is 38.5 Å². The van der Waals surface area contributed by atoms with E-state index in [0.29, 0.717) is 58.0 Å². The fourth-order valence-corrected chi connectivity index (χ4v) is 5.77. The number of methoxy groups -OCH3 is 2. The third-order valence-corrected chi connectivity index (χ3v) is 8.42. The number of rotatable bonds is 11. The number of ether oxygens (including phenoxy) is 2. The van der Waals surface area contributed by atoms with Crippen molar-refractivity contribution < 1.29 is 22.7 Å². The standard InChI is InChI=1S/C29H41N3O5S/c1-29(2,3)23-28(33)31(16-8-10-24-9-6-7-11-27(24)37-5)20-17-30-18-21-32(22-19-30)38(34,35)26-14-12-25(36-4)13-15-26/h6-15H,16-23H2,1-5H3/b10-8+. The van der Waals surface area contributed by atoms with Gasteiger partial charge in [-0.3, -0.25) is 9.69 Å². The first-order valence-electron chi connectivity index (χ1n) is 13.0. The Morgan fingerprint density at radius 1 is 0.974 bits per heavy atom. The largest absolute Gasteiger partial charge is 0.497 e. The summed E-state index contributed by atoms with van der Waals surface area (Å²) in [6.07, 6.45) is 4.44. The zero-order chi connectivity index (χ0) is 27.8. The van der Waals surface area contributed by atoms with E-state index in [0.717, 1.165) is 11.3 Å². The molecule has 0 saturated carbocycles. The van der Waals surface area contributed by atoms with Crippen molar-refractivity contribution in [2.45, 2.75) is 32.1 Å². The molecule has 38 heavy (non-hydrogen) atoms. The lowest BCUT2D eigenvalue weighted by Crippen LogP contribution is -2.50. The number of amides is 1. The predicted octanol–water partition coefficient (Wildman–Crippen LogP) is 3.99. The molecule has 0 spiro atoms. The molecule has 1 fully saturated rings. The van der Waals surface area contributed by atoms with Gasteiger partial charge in [0, 0.05) is 57.8 Å². The third-order valence-electron chi connectivity index (χ3n) is 6.51. The van der Waals surface area contributed by atoms with Crippen LogP contribution in [0.1, 0.15) is 32.8 Å².